The fourth-order valence-corrected chi connectivity index (χ4v) is 3.80. The van der Waals surface area contributed by atoms with Crippen molar-refractivity contribution in [1.29, 1.82) is 0 Å². The number of carbonyl (C=O) groups excluding carboxylic acids is 1. The zero-order valence-corrected chi connectivity index (χ0v) is 16.5. The van der Waals surface area contributed by atoms with E-state index in [0.717, 1.165) is 19.3 Å². The van der Waals surface area contributed by atoms with E-state index in [1.807, 2.05) is 30.3 Å². The van der Waals surface area contributed by atoms with Gasteiger partial charge in [0.2, 0.25) is 5.95 Å². The number of nitrogens with zero attached hydrogens (tertiary/aromatic N) is 3. The number of halogens is 1. The number of likely N-dealkylation sites (tertiary alicyclic amines) is 1. The lowest BCUT2D eigenvalue weighted by Crippen LogP contribution is -2.41. The molecule has 0 bridgehead atoms. The average molecular weight is 406 g/mol. The number of amides is 1. The first-order valence-electron chi connectivity index (χ1n) is 9.97. The fourth-order valence-electron chi connectivity index (χ4n) is 3.80. The number of nitrogen functional groups attached to an aromatic ring is 1. The van der Waals surface area contributed by atoms with E-state index in [2.05, 4.69) is 9.97 Å². The van der Waals surface area contributed by atoms with Crippen molar-refractivity contribution in [3.8, 4) is 16.9 Å². The second-order valence-electron chi connectivity index (χ2n) is 7.24. The SMILES string of the molecule is Nc1ncc(-c2cccc(F)c2)c([C@H]2CCCCN2C(=O)COc2ccccc2)n1. The highest BCUT2D eigenvalue weighted by Gasteiger charge is 2.31. The molecular weight excluding hydrogens is 383 g/mol. The normalized spacial score (nSPS) is 16.3. The molecule has 1 aliphatic heterocycles. The molecule has 4 rings (SSSR count). The number of benzene rings is 2. The summed E-state index contributed by atoms with van der Waals surface area (Å²) >= 11 is 0. The molecule has 1 fully saturated rings. The zero-order valence-electron chi connectivity index (χ0n) is 16.5. The minimum atomic E-state index is -0.344. The van der Waals surface area contributed by atoms with Crippen LogP contribution in [0.5, 0.6) is 5.75 Å². The van der Waals surface area contributed by atoms with Crippen molar-refractivity contribution >= 4 is 11.9 Å². The number of rotatable bonds is 5. The standard InChI is InChI=1S/C23H23FN4O2/c24-17-8-6-7-16(13-17)19-14-26-23(25)27-22(19)20-11-4-5-12-28(20)21(29)15-30-18-9-2-1-3-10-18/h1-3,6-10,13-14,20H,4-5,11-12,15H2,(H2,25,26,27)/t20-/m1/s1. The van der Waals surface area contributed by atoms with Crippen molar-refractivity contribution in [2.24, 2.45) is 0 Å². The molecule has 154 valence electrons. The number of ether oxygens (including phenoxy) is 1. The summed E-state index contributed by atoms with van der Waals surface area (Å²) in [4.78, 5) is 23.4. The van der Waals surface area contributed by atoms with Crippen LogP contribution in [-0.4, -0.2) is 33.9 Å². The van der Waals surface area contributed by atoms with Crippen LogP contribution in [0.2, 0.25) is 0 Å². The van der Waals surface area contributed by atoms with E-state index in [1.54, 1.807) is 23.2 Å². The number of piperidine rings is 1. The number of nitrogens with two attached hydrogens (primary N) is 1. The Labute approximate surface area is 174 Å². The van der Waals surface area contributed by atoms with E-state index in [0.29, 0.717) is 29.1 Å². The highest BCUT2D eigenvalue weighted by atomic mass is 19.1. The van der Waals surface area contributed by atoms with E-state index in [-0.39, 0.29) is 30.3 Å². The van der Waals surface area contributed by atoms with Gasteiger partial charge >= 0.3 is 0 Å². The van der Waals surface area contributed by atoms with Crippen LogP contribution in [-0.2, 0) is 4.79 Å². The van der Waals surface area contributed by atoms with Gasteiger partial charge in [-0.2, -0.15) is 0 Å². The van der Waals surface area contributed by atoms with Crippen molar-refractivity contribution in [2.45, 2.75) is 25.3 Å². The largest absolute Gasteiger partial charge is 0.484 e. The fraction of sp³-hybridized carbons (Fsp3) is 0.261. The Kier molecular flexibility index (Phi) is 5.88. The Bertz CT molecular complexity index is 1030. The average Bonchev–Trinajstić information content (AvgIpc) is 2.78. The number of hydrogen-bond donors (Lipinski definition) is 1. The molecule has 30 heavy (non-hydrogen) atoms. The molecule has 0 radical (unpaired) electrons. The summed E-state index contributed by atoms with van der Waals surface area (Å²) in [7, 11) is 0. The molecule has 0 saturated carbocycles. The molecule has 1 aliphatic rings. The van der Waals surface area contributed by atoms with Crippen LogP contribution in [0.4, 0.5) is 10.3 Å². The maximum absolute atomic E-state index is 13.8. The van der Waals surface area contributed by atoms with Gasteiger partial charge in [0.05, 0.1) is 11.7 Å². The lowest BCUT2D eigenvalue weighted by Gasteiger charge is -2.36. The van der Waals surface area contributed by atoms with Crippen LogP contribution in [0.1, 0.15) is 31.0 Å². The molecule has 3 aromatic rings. The number of hydrogen-bond acceptors (Lipinski definition) is 5. The third kappa shape index (κ3) is 4.40. The zero-order chi connectivity index (χ0) is 20.9. The minimum absolute atomic E-state index is 0.0591. The lowest BCUT2D eigenvalue weighted by molar-refractivity contribution is -0.137. The van der Waals surface area contributed by atoms with Gasteiger partial charge in [-0.25, -0.2) is 14.4 Å². The van der Waals surface area contributed by atoms with Crippen LogP contribution < -0.4 is 10.5 Å². The number of anilines is 1. The van der Waals surface area contributed by atoms with Crippen LogP contribution >= 0.6 is 0 Å². The smallest absolute Gasteiger partial charge is 0.261 e. The molecule has 2 heterocycles. The van der Waals surface area contributed by atoms with Crippen molar-refractivity contribution in [1.82, 2.24) is 14.9 Å². The highest BCUT2D eigenvalue weighted by Crippen LogP contribution is 2.36. The summed E-state index contributed by atoms with van der Waals surface area (Å²) in [6.45, 7) is 0.546. The maximum Gasteiger partial charge on any atom is 0.261 e. The Morgan fingerprint density at radius 1 is 1.17 bits per heavy atom. The Morgan fingerprint density at radius 2 is 2.00 bits per heavy atom. The topological polar surface area (TPSA) is 81.3 Å². The Hall–Kier alpha value is -3.48. The highest BCUT2D eigenvalue weighted by molar-refractivity contribution is 5.79. The van der Waals surface area contributed by atoms with Crippen LogP contribution in [0.25, 0.3) is 11.1 Å². The van der Waals surface area contributed by atoms with Gasteiger partial charge in [0.15, 0.2) is 6.61 Å². The van der Waals surface area contributed by atoms with Crippen molar-refractivity contribution in [3.05, 3.63) is 72.3 Å². The quantitative estimate of drug-likeness (QED) is 0.693. The molecular formula is C23H23FN4O2. The van der Waals surface area contributed by atoms with Crippen LogP contribution in [0, 0.1) is 5.82 Å². The molecule has 2 N–H and O–H groups in total. The van der Waals surface area contributed by atoms with Gasteiger partial charge in [0.25, 0.3) is 5.91 Å². The number of para-hydroxylation sites is 1. The van der Waals surface area contributed by atoms with Crippen LogP contribution in [0.15, 0.2) is 60.8 Å². The minimum Gasteiger partial charge on any atom is -0.484 e. The molecule has 1 amide bonds. The lowest BCUT2D eigenvalue weighted by atomic mass is 9.93. The summed E-state index contributed by atoms with van der Waals surface area (Å²) in [6, 6.07) is 15.2. The Morgan fingerprint density at radius 3 is 2.80 bits per heavy atom. The first-order valence-corrected chi connectivity index (χ1v) is 9.97. The van der Waals surface area contributed by atoms with E-state index in [1.165, 1.54) is 12.1 Å². The van der Waals surface area contributed by atoms with Gasteiger partial charge < -0.3 is 15.4 Å². The third-order valence-corrected chi connectivity index (χ3v) is 5.22. The monoisotopic (exact) mass is 406 g/mol. The van der Waals surface area contributed by atoms with Gasteiger partial charge in [-0.15, -0.1) is 0 Å². The van der Waals surface area contributed by atoms with Gasteiger partial charge in [0, 0.05) is 18.3 Å². The molecule has 0 spiro atoms. The maximum atomic E-state index is 13.8. The van der Waals surface area contributed by atoms with Gasteiger partial charge in [-0.1, -0.05) is 30.3 Å². The Balaban J connectivity index is 1.62. The van der Waals surface area contributed by atoms with E-state index in [4.69, 9.17) is 10.5 Å². The summed E-state index contributed by atoms with van der Waals surface area (Å²) < 4.78 is 19.5. The predicted octanol–water partition coefficient (Wildman–Crippen LogP) is 4.00. The summed E-state index contributed by atoms with van der Waals surface area (Å²) in [5, 5.41) is 0. The second-order valence-corrected chi connectivity index (χ2v) is 7.24. The van der Waals surface area contributed by atoms with E-state index in [9.17, 15) is 9.18 Å². The van der Waals surface area contributed by atoms with E-state index >= 15 is 0 Å². The molecule has 0 aliphatic carbocycles. The van der Waals surface area contributed by atoms with Crippen molar-refractivity contribution in [2.75, 3.05) is 18.9 Å². The number of aromatic nitrogens is 2. The molecule has 1 atom stereocenters. The third-order valence-electron chi connectivity index (χ3n) is 5.22. The molecule has 2 aromatic carbocycles. The van der Waals surface area contributed by atoms with Crippen molar-refractivity contribution < 1.29 is 13.9 Å². The molecule has 7 heteroatoms. The van der Waals surface area contributed by atoms with Crippen LogP contribution in [0.3, 0.4) is 0 Å². The van der Waals surface area contributed by atoms with E-state index < -0.39 is 0 Å². The van der Waals surface area contributed by atoms with Crippen molar-refractivity contribution in [3.63, 3.8) is 0 Å². The number of carbonyl (C=O) groups is 1. The summed E-state index contributed by atoms with van der Waals surface area (Å²) in [6.07, 6.45) is 4.21. The predicted molar refractivity (Wildman–Crippen MR) is 112 cm³/mol. The summed E-state index contributed by atoms with van der Waals surface area (Å²) in [5.41, 5.74) is 7.85. The molecule has 0 unspecified atom stereocenters. The second kappa shape index (κ2) is 8.90. The van der Waals surface area contributed by atoms with Gasteiger partial charge in [-0.3, -0.25) is 4.79 Å². The van der Waals surface area contributed by atoms with Gasteiger partial charge in [-0.05, 0) is 49.1 Å². The molecule has 1 aromatic heterocycles. The van der Waals surface area contributed by atoms with Gasteiger partial charge in [0.1, 0.15) is 11.6 Å². The molecule has 6 nitrogen and oxygen atoms in total. The molecule has 1 saturated heterocycles. The summed E-state index contributed by atoms with van der Waals surface area (Å²) in [5.74, 6) is 0.309. The first-order chi connectivity index (χ1) is 14.6. The first kappa shape index (κ1) is 19.8.